The van der Waals surface area contributed by atoms with Crippen LogP contribution in [-0.2, 0) is 19.8 Å². The van der Waals surface area contributed by atoms with E-state index in [-0.39, 0.29) is 0 Å². The average Bonchev–Trinajstić information content (AvgIpc) is 3.55. The summed E-state index contributed by atoms with van der Waals surface area (Å²) in [4.78, 5) is 9.39. The van der Waals surface area contributed by atoms with Crippen LogP contribution in [0.15, 0.2) is 34.6 Å². The topological polar surface area (TPSA) is 100.0 Å². The van der Waals surface area contributed by atoms with Gasteiger partial charge in [-0.15, -0.1) is 0 Å². The number of aryl methyl sites for hydroxylation is 1. The van der Waals surface area contributed by atoms with Gasteiger partial charge in [0.2, 0.25) is 0 Å². The number of aromatic amines is 1. The van der Waals surface area contributed by atoms with Gasteiger partial charge in [0.05, 0.1) is 0 Å². The van der Waals surface area contributed by atoms with Crippen molar-refractivity contribution in [1.29, 1.82) is 0 Å². The van der Waals surface area contributed by atoms with Crippen LogP contribution in [0.5, 0.6) is 0 Å². The third-order valence-corrected chi connectivity index (χ3v) is 10.5. The molecular formula is C26H42N6O3S2Si. The Hall–Kier alpha value is -1.70. The van der Waals surface area contributed by atoms with Crippen molar-refractivity contribution in [2.45, 2.75) is 83.2 Å². The van der Waals surface area contributed by atoms with Gasteiger partial charge in [-0.1, -0.05) is 74.5 Å². The molecule has 0 saturated heterocycles. The number of aromatic nitrogens is 6. The zero-order valence-electron chi connectivity index (χ0n) is 23.4. The molecule has 0 bridgehead atoms. The van der Waals surface area contributed by atoms with Gasteiger partial charge in [0.25, 0.3) is 0 Å². The van der Waals surface area contributed by atoms with Gasteiger partial charge in [0.1, 0.15) is 0 Å². The molecule has 0 fully saturated rings. The van der Waals surface area contributed by atoms with Gasteiger partial charge in [-0.3, -0.25) is 5.10 Å². The van der Waals surface area contributed by atoms with E-state index in [1.165, 1.54) is 0 Å². The zero-order valence-corrected chi connectivity index (χ0v) is 26.0. The Morgan fingerprint density at radius 1 is 0.763 bits per heavy atom. The summed E-state index contributed by atoms with van der Waals surface area (Å²) in [5.74, 6) is 3.37. The monoisotopic (exact) mass is 578 g/mol. The molecule has 9 nitrogen and oxygen atoms in total. The number of H-pyrrole nitrogens is 1. The lowest BCUT2D eigenvalue weighted by Crippen LogP contribution is -2.45. The first-order valence-corrected chi connectivity index (χ1v) is 17.6. The van der Waals surface area contributed by atoms with Crippen molar-refractivity contribution in [1.82, 2.24) is 29.9 Å². The number of nitrogens with one attached hydrogen (secondary N) is 1. The number of rotatable bonds is 19. The molecule has 2 aromatic heterocycles. The molecule has 38 heavy (non-hydrogen) atoms. The molecule has 0 aliphatic heterocycles. The molecule has 0 unspecified atom stereocenters. The molecule has 1 aromatic carbocycles. The van der Waals surface area contributed by atoms with Crippen LogP contribution in [0.2, 0.25) is 6.04 Å². The maximum Gasteiger partial charge on any atom is 0.500 e. The molecule has 0 aliphatic carbocycles. The van der Waals surface area contributed by atoms with Crippen molar-refractivity contribution >= 4 is 32.3 Å². The molecule has 0 aliphatic rings. The standard InChI is InChI=1S/C26H42N6O3S2Si/c1-6-33-38(34-7-2,35-8-3)20-14-12-11-13-19-32-26(37-10-5)28-24(31-32)22-17-15-21(16-18-22)23-27-25(30-29-23)36-9-4/h15-18H,6-14,19-20H2,1-5H3,(H,27,29,30). The smallest absolute Gasteiger partial charge is 0.374 e. The third kappa shape index (κ3) is 8.92. The Morgan fingerprint density at radius 2 is 1.37 bits per heavy atom. The summed E-state index contributed by atoms with van der Waals surface area (Å²) in [6.45, 7) is 13.0. The Labute approximate surface area is 236 Å². The predicted octanol–water partition coefficient (Wildman–Crippen LogP) is 6.56. The number of hydrogen-bond acceptors (Lipinski definition) is 9. The van der Waals surface area contributed by atoms with Crippen LogP contribution in [0.1, 0.15) is 60.3 Å². The lowest BCUT2D eigenvalue weighted by Gasteiger charge is -2.28. The van der Waals surface area contributed by atoms with Crippen LogP contribution < -0.4 is 0 Å². The molecule has 0 amide bonds. The van der Waals surface area contributed by atoms with Gasteiger partial charge in [-0.05, 0) is 45.1 Å². The van der Waals surface area contributed by atoms with Gasteiger partial charge in [-0.2, -0.15) is 10.2 Å². The minimum Gasteiger partial charge on any atom is -0.374 e. The quantitative estimate of drug-likeness (QED) is 0.0962. The first kappa shape index (κ1) is 30.8. The molecule has 0 radical (unpaired) electrons. The number of thioether (sulfide) groups is 2. The molecule has 0 spiro atoms. The Morgan fingerprint density at radius 3 is 1.97 bits per heavy atom. The average molecular weight is 579 g/mol. The van der Waals surface area contributed by atoms with E-state index in [1.807, 2.05) is 45.0 Å². The van der Waals surface area contributed by atoms with Gasteiger partial charge >= 0.3 is 8.80 Å². The highest BCUT2D eigenvalue weighted by atomic mass is 32.2. The van der Waals surface area contributed by atoms with Crippen LogP contribution in [0.3, 0.4) is 0 Å². The highest BCUT2D eigenvalue weighted by molar-refractivity contribution is 7.99. The summed E-state index contributed by atoms with van der Waals surface area (Å²) in [5.41, 5.74) is 1.97. The van der Waals surface area contributed by atoms with Crippen LogP contribution >= 0.6 is 23.5 Å². The lowest BCUT2D eigenvalue weighted by atomic mass is 10.1. The van der Waals surface area contributed by atoms with Gasteiger partial charge in [0.15, 0.2) is 22.0 Å². The number of nitrogens with zero attached hydrogens (tertiary/aromatic N) is 5. The van der Waals surface area contributed by atoms with E-state index in [0.29, 0.717) is 25.6 Å². The van der Waals surface area contributed by atoms with E-state index in [2.05, 4.69) is 33.7 Å². The summed E-state index contributed by atoms with van der Waals surface area (Å²) in [6, 6.07) is 9.02. The molecule has 12 heteroatoms. The fourth-order valence-electron chi connectivity index (χ4n) is 4.14. The Bertz CT molecular complexity index is 1060. The lowest BCUT2D eigenvalue weighted by molar-refractivity contribution is 0.0706. The molecule has 2 heterocycles. The van der Waals surface area contributed by atoms with Crippen molar-refractivity contribution < 1.29 is 13.3 Å². The normalized spacial score (nSPS) is 11.9. The summed E-state index contributed by atoms with van der Waals surface area (Å²) in [7, 11) is -2.54. The zero-order chi connectivity index (χ0) is 27.2. The second kappa shape index (κ2) is 16.4. The van der Waals surface area contributed by atoms with Crippen LogP contribution in [-0.4, -0.2) is 70.1 Å². The fourth-order valence-corrected chi connectivity index (χ4v) is 8.05. The van der Waals surface area contributed by atoms with Gasteiger partial charge < -0.3 is 13.3 Å². The van der Waals surface area contributed by atoms with Gasteiger partial charge in [0, 0.05) is 43.5 Å². The molecule has 0 atom stereocenters. The maximum absolute atomic E-state index is 5.98. The van der Waals surface area contributed by atoms with Crippen molar-refractivity contribution in [3.05, 3.63) is 24.3 Å². The van der Waals surface area contributed by atoms with E-state index >= 15 is 0 Å². The molecule has 3 rings (SSSR count). The van der Waals surface area contributed by atoms with E-state index in [9.17, 15) is 0 Å². The number of benzene rings is 1. The summed E-state index contributed by atoms with van der Waals surface area (Å²) in [6.07, 6.45) is 4.32. The highest BCUT2D eigenvalue weighted by Crippen LogP contribution is 2.26. The van der Waals surface area contributed by atoms with E-state index in [0.717, 1.165) is 77.0 Å². The van der Waals surface area contributed by atoms with Crippen molar-refractivity contribution in [3.8, 4) is 22.8 Å². The minimum atomic E-state index is -2.54. The SMILES string of the molecule is CCO[Si](CCCCCCn1nc(-c2ccc(-c3n[nH]c(SCC)n3)cc2)nc1SCC)(OCC)OCC. The van der Waals surface area contributed by atoms with E-state index < -0.39 is 8.80 Å². The first-order chi connectivity index (χ1) is 18.6. The van der Waals surface area contributed by atoms with Gasteiger partial charge in [-0.25, -0.2) is 14.6 Å². The molecule has 210 valence electrons. The third-order valence-electron chi connectivity index (χ3n) is 5.75. The first-order valence-electron chi connectivity index (χ1n) is 13.7. The van der Waals surface area contributed by atoms with Crippen molar-refractivity contribution in [3.63, 3.8) is 0 Å². The van der Waals surface area contributed by atoms with Crippen LogP contribution in [0.4, 0.5) is 0 Å². The van der Waals surface area contributed by atoms with E-state index in [1.54, 1.807) is 23.5 Å². The predicted molar refractivity (Wildman–Crippen MR) is 158 cm³/mol. The molecule has 3 aromatic rings. The molecule has 1 N–H and O–H groups in total. The second-order valence-corrected chi connectivity index (χ2v) is 13.7. The van der Waals surface area contributed by atoms with Crippen molar-refractivity contribution in [2.24, 2.45) is 0 Å². The van der Waals surface area contributed by atoms with Crippen molar-refractivity contribution in [2.75, 3.05) is 31.3 Å². The summed E-state index contributed by atoms with van der Waals surface area (Å²) < 4.78 is 20.0. The van der Waals surface area contributed by atoms with E-state index in [4.69, 9.17) is 23.4 Å². The highest BCUT2D eigenvalue weighted by Gasteiger charge is 2.39. The largest absolute Gasteiger partial charge is 0.500 e. The Kier molecular flexibility index (Phi) is 13.3. The maximum atomic E-state index is 5.98. The summed E-state index contributed by atoms with van der Waals surface area (Å²) in [5, 5.41) is 14.0. The molecular weight excluding hydrogens is 537 g/mol. The number of hydrogen-bond donors (Lipinski definition) is 1. The molecule has 0 saturated carbocycles. The Balaban J connectivity index is 1.55. The number of unbranched alkanes of at least 4 members (excludes halogenated alkanes) is 3. The van der Waals surface area contributed by atoms with Crippen LogP contribution in [0.25, 0.3) is 22.8 Å². The minimum absolute atomic E-state index is 0.625. The summed E-state index contributed by atoms with van der Waals surface area (Å²) >= 11 is 3.38. The fraction of sp³-hybridized carbons (Fsp3) is 0.615. The second-order valence-electron chi connectivity index (χ2n) is 8.49. The van der Waals surface area contributed by atoms with Crippen LogP contribution in [0, 0.1) is 0 Å².